The summed E-state index contributed by atoms with van der Waals surface area (Å²) in [4.78, 5) is 13.9. The number of aromatic nitrogens is 2. The fourth-order valence-electron chi connectivity index (χ4n) is 3.97. The highest BCUT2D eigenvalue weighted by Gasteiger charge is 2.25. The van der Waals surface area contributed by atoms with Crippen molar-refractivity contribution in [3.63, 3.8) is 0 Å². The molecule has 0 spiro atoms. The summed E-state index contributed by atoms with van der Waals surface area (Å²) >= 11 is 0. The first-order valence-corrected chi connectivity index (χ1v) is 8.59. The van der Waals surface area contributed by atoms with Crippen molar-refractivity contribution in [3.05, 3.63) is 23.9 Å². The van der Waals surface area contributed by atoms with Gasteiger partial charge in [0.15, 0.2) is 0 Å². The van der Waals surface area contributed by atoms with Crippen LogP contribution in [0.4, 0.5) is 5.69 Å². The zero-order valence-electron chi connectivity index (χ0n) is 13.2. The third-order valence-electron chi connectivity index (χ3n) is 5.16. The Labute approximate surface area is 131 Å². The average molecular weight is 297 g/mol. The molecule has 1 aliphatic heterocycles. The van der Waals surface area contributed by atoms with Gasteiger partial charge in [-0.1, -0.05) is 19.8 Å². The molecular formula is C18H23N3O. The lowest BCUT2D eigenvalue weighted by molar-refractivity contribution is -0.117. The van der Waals surface area contributed by atoms with Crippen LogP contribution in [0, 0.1) is 0 Å². The standard InChI is InChI=1S/C18H23N3O/c1-2-16-15-10-9-14(20-11-5-8-18(20)22)12-17(15)21(19-16)13-6-3-4-7-13/h9-10,12-13H,2-8,11H2,1H3. The Hall–Kier alpha value is -1.84. The highest BCUT2D eigenvalue weighted by atomic mass is 16.2. The molecule has 2 aromatic rings. The maximum atomic E-state index is 12.0. The van der Waals surface area contributed by atoms with Gasteiger partial charge in [0.05, 0.1) is 17.3 Å². The fourth-order valence-corrected chi connectivity index (χ4v) is 3.97. The number of aryl methyl sites for hydroxylation is 1. The number of carbonyl (C=O) groups is 1. The smallest absolute Gasteiger partial charge is 0.227 e. The molecule has 22 heavy (non-hydrogen) atoms. The first-order valence-electron chi connectivity index (χ1n) is 8.59. The van der Waals surface area contributed by atoms with Crippen LogP contribution in [0.2, 0.25) is 0 Å². The molecule has 1 saturated heterocycles. The van der Waals surface area contributed by atoms with E-state index in [0.717, 1.165) is 25.1 Å². The van der Waals surface area contributed by atoms with Crippen molar-refractivity contribution in [3.8, 4) is 0 Å². The van der Waals surface area contributed by atoms with Crippen molar-refractivity contribution in [1.82, 2.24) is 9.78 Å². The number of anilines is 1. The molecule has 0 radical (unpaired) electrons. The summed E-state index contributed by atoms with van der Waals surface area (Å²) in [5.74, 6) is 0.252. The van der Waals surface area contributed by atoms with Gasteiger partial charge >= 0.3 is 0 Å². The minimum atomic E-state index is 0.252. The molecular weight excluding hydrogens is 274 g/mol. The lowest BCUT2D eigenvalue weighted by Gasteiger charge is -2.17. The molecule has 1 amide bonds. The van der Waals surface area contributed by atoms with Gasteiger partial charge in [-0.2, -0.15) is 5.10 Å². The third-order valence-corrected chi connectivity index (χ3v) is 5.16. The molecule has 0 unspecified atom stereocenters. The molecule has 4 nitrogen and oxygen atoms in total. The van der Waals surface area contributed by atoms with Crippen LogP contribution in [0.15, 0.2) is 18.2 Å². The number of hydrogen-bond donors (Lipinski definition) is 0. The third kappa shape index (κ3) is 2.13. The zero-order valence-corrected chi connectivity index (χ0v) is 13.2. The van der Waals surface area contributed by atoms with E-state index in [1.165, 1.54) is 42.3 Å². The molecule has 1 aromatic carbocycles. The maximum absolute atomic E-state index is 12.0. The summed E-state index contributed by atoms with van der Waals surface area (Å²) in [5, 5.41) is 6.14. The van der Waals surface area contributed by atoms with Crippen LogP contribution in [0.1, 0.15) is 57.2 Å². The Bertz CT molecular complexity index is 712. The van der Waals surface area contributed by atoms with E-state index in [1.807, 2.05) is 4.90 Å². The molecule has 2 heterocycles. The van der Waals surface area contributed by atoms with Crippen LogP contribution >= 0.6 is 0 Å². The van der Waals surface area contributed by atoms with Crippen molar-refractivity contribution < 1.29 is 4.79 Å². The van der Waals surface area contributed by atoms with Gasteiger partial charge in [-0.05, 0) is 43.9 Å². The Morgan fingerprint density at radius 2 is 2.05 bits per heavy atom. The number of benzene rings is 1. The highest BCUT2D eigenvalue weighted by molar-refractivity contribution is 5.97. The highest BCUT2D eigenvalue weighted by Crippen LogP contribution is 2.35. The lowest BCUT2D eigenvalue weighted by Crippen LogP contribution is -2.23. The molecule has 0 atom stereocenters. The minimum absolute atomic E-state index is 0.252. The molecule has 2 aliphatic rings. The largest absolute Gasteiger partial charge is 0.312 e. The Morgan fingerprint density at radius 1 is 1.23 bits per heavy atom. The maximum Gasteiger partial charge on any atom is 0.227 e. The summed E-state index contributed by atoms with van der Waals surface area (Å²) < 4.78 is 2.24. The van der Waals surface area contributed by atoms with E-state index in [4.69, 9.17) is 5.10 Å². The van der Waals surface area contributed by atoms with Crippen molar-refractivity contribution >= 4 is 22.5 Å². The fraction of sp³-hybridized carbons (Fsp3) is 0.556. The topological polar surface area (TPSA) is 38.1 Å². The summed E-state index contributed by atoms with van der Waals surface area (Å²) in [6, 6.07) is 6.97. The summed E-state index contributed by atoms with van der Waals surface area (Å²) in [5.41, 5.74) is 3.43. The minimum Gasteiger partial charge on any atom is -0.312 e. The second kappa shape index (κ2) is 5.41. The number of hydrogen-bond acceptors (Lipinski definition) is 2. The van der Waals surface area contributed by atoms with E-state index in [1.54, 1.807) is 0 Å². The predicted octanol–water partition coefficient (Wildman–Crippen LogP) is 3.84. The van der Waals surface area contributed by atoms with Crippen molar-refractivity contribution in [2.75, 3.05) is 11.4 Å². The van der Waals surface area contributed by atoms with Crippen LogP contribution < -0.4 is 4.90 Å². The first kappa shape index (κ1) is 13.8. The van der Waals surface area contributed by atoms with Gasteiger partial charge in [-0.15, -0.1) is 0 Å². The summed E-state index contributed by atoms with van der Waals surface area (Å²) in [6.07, 6.45) is 7.67. The Morgan fingerprint density at radius 3 is 2.73 bits per heavy atom. The molecule has 4 rings (SSSR count). The van der Waals surface area contributed by atoms with Gasteiger partial charge in [0.2, 0.25) is 5.91 Å². The molecule has 116 valence electrons. The SMILES string of the molecule is CCc1nn(C2CCCC2)c2cc(N3CCCC3=O)ccc12. The van der Waals surface area contributed by atoms with Crippen LogP contribution in [-0.2, 0) is 11.2 Å². The molecule has 0 N–H and O–H groups in total. The normalized spacial score (nSPS) is 19.7. The van der Waals surface area contributed by atoms with E-state index >= 15 is 0 Å². The summed E-state index contributed by atoms with van der Waals surface area (Å²) in [6.45, 7) is 3.02. The van der Waals surface area contributed by atoms with E-state index < -0.39 is 0 Å². The van der Waals surface area contributed by atoms with Crippen LogP contribution in [0.5, 0.6) is 0 Å². The van der Waals surface area contributed by atoms with E-state index in [9.17, 15) is 4.79 Å². The van der Waals surface area contributed by atoms with Crippen molar-refractivity contribution in [1.29, 1.82) is 0 Å². The number of amides is 1. The molecule has 4 heteroatoms. The Kier molecular flexibility index (Phi) is 3.40. The van der Waals surface area contributed by atoms with Gasteiger partial charge < -0.3 is 4.90 Å². The van der Waals surface area contributed by atoms with E-state index in [-0.39, 0.29) is 5.91 Å². The van der Waals surface area contributed by atoms with Gasteiger partial charge in [0, 0.05) is 24.0 Å². The quantitative estimate of drug-likeness (QED) is 0.863. The van der Waals surface area contributed by atoms with Crippen LogP contribution in [0.25, 0.3) is 10.9 Å². The first-order chi connectivity index (χ1) is 10.8. The van der Waals surface area contributed by atoms with Gasteiger partial charge in [0.25, 0.3) is 0 Å². The van der Waals surface area contributed by atoms with Gasteiger partial charge in [-0.3, -0.25) is 9.48 Å². The molecule has 2 fully saturated rings. The monoisotopic (exact) mass is 297 g/mol. The van der Waals surface area contributed by atoms with Crippen LogP contribution in [0.3, 0.4) is 0 Å². The van der Waals surface area contributed by atoms with Crippen molar-refractivity contribution in [2.45, 2.75) is 57.9 Å². The van der Waals surface area contributed by atoms with E-state index in [2.05, 4.69) is 29.8 Å². The second-order valence-corrected chi connectivity index (χ2v) is 6.53. The zero-order chi connectivity index (χ0) is 15.1. The van der Waals surface area contributed by atoms with E-state index in [0.29, 0.717) is 12.5 Å². The van der Waals surface area contributed by atoms with Crippen molar-refractivity contribution in [2.24, 2.45) is 0 Å². The van der Waals surface area contributed by atoms with Gasteiger partial charge in [-0.25, -0.2) is 0 Å². The number of nitrogens with zero attached hydrogens (tertiary/aromatic N) is 3. The van der Waals surface area contributed by atoms with Crippen LogP contribution in [-0.4, -0.2) is 22.2 Å². The predicted molar refractivity (Wildman–Crippen MR) is 88.2 cm³/mol. The average Bonchev–Trinajstić information content (AvgIpc) is 3.25. The molecule has 0 bridgehead atoms. The molecule has 1 aliphatic carbocycles. The van der Waals surface area contributed by atoms with Gasteiger partial charge in [0.1, 0.15) is 0 Å². The summed E-state index contributed by atoms with van der Waals surface area (Å²) in [7, 11) is 0. The second-order valence-electron chi connectivity index (χ2n) is 6.53. The molecule has 1 saturated carbocycles. The number of rotatable bonds is 3. The number of carbonyl (C=O) groups excluding carboxylic acids is 1. The lowest BCUT2D eigenvalue weighted by atomic mass is 10.1. The molecule has 1 aromatic heterocycles. The number of fused-ring (bicyclic) bond motifs is 1. The Balaban J connectivity index is 1.82.